The van der Waals surface area contributed by atoms with Gasteiger partial charge < -0.3 is 37.9 Å². The van der Waals surface area contributed by atoms with Crippen LogP contribution in [0.3, 0.4) is 0 Å². The topological polar surface area (TPSA) is 243 Å². The van der Waals surface area contributed by atoms with Crippen molar-refractivity contribution in [2.75, 3.05) is 64.4 Å². The summed E-state index contributed by atoms with van der Waals surface area (Å²) in [4.78, 5) is 12.4. The van der Waals surface area contributed by atoms with Crippen molar-refractivity contribution in [2.24, 2.45) is 0 Å². The molecule has 0 amide bonds. The Morgan fingerprint density at radius 1 is 0.754 bits per heavy atom. The monoisotopic (exact) mass is 906 g/mol. The highest BCUT2D eigenvalue weighted by Crippen LogP contribution is 2.51. The third-order valence-corrected chi connectivity index (χ3v) is 13.4. The number of hydrogen-bond acceptors (Lipinski definition) is 14. The van der Waals surface area contributed by atoms with Crippen molar-refractivity contribution in [3.05, 3.63) is 95.8 Å². The highest BCUT2D eigenvalue weighted by Gasteiger charge is 2.48. The van der Waals surface area contributed by atoms with Gasteiger partial charge in [-0.25, -0.2) is 25.3 Å². The van der Waals surface area contributed by atoms with Crippen molar-refractivity contribution < 1.29 is 67.6 Å². The van der Waals surface area contributed by atoms with Crippen molar-refractivity contribution >= 4 is 53.4 Å². The summed E-state index contributed by atoms with van der Waals surface area (Å²) in [6, 6.07) is 8.40. The van der Waals surface area contributed by atoms with E-state index in [9.17, 15) is 43.7 Å². The number of unbranched alkanes of at least 4 members (excludes halogenated alkanes) is 2. The van der Waals surface area contributed by atoms with E-state index in [0.29, 0.717) is 81.1 Å². The number of ether oxygens (including phenoxy) is 3. The maximum Gasteiger partial charge on any atom is 0.303 e. The van der Waals surface area contributed by atoms with Gasteiger partial charge >= 0.3 is 5.97 Å². The molecule has 1 N–H and O–H groups in total. The molecule has 0 bridgehead atoms. The maximum absolute atomic E-state index is 12.1. The van der Waals surface area contributed by atoms with Gasteiger partial charge in [0.15, 0.2) is 12.3 Å². The molecule has 0 aliphatic carbocycles. The number of rotatable bonds is 25. The summed E-state index contributed by atoms with van der Waals surface area (Å²) >= 11 is 0. The maximum atomic E-state index is 12.1. The largest absolute Gasteiger partial charge is 0.748 e. The van der Waals surface area contributed by atoms with Crippen molar-refractivity contribution in [1.29, 1.82) is 0 Å². The summed E-state index contributed by atoms with van der Waals surface area (Å²) in [7, 11) is -11.0. The Morgan fingerprint density at radius 2 is 1.39 bits per heavy atom. The van der Waals surface area contributed by atoms with Gasteiger partial charge in [-0.15, -0.1) is 0 Å². The third-order valence-electron chi connectivity index (χ3n) is 11.0. The van der Waals surface area contributed by atoms with Crippen LogP contribution < -0.4 is 4.90 Å². The molecule has 2 aliphatic rings. The lowest BCUT2D eigenvalue weighted by Crippen LogP contribution is -2.32. The Morgan fingerprint density at radius 3 is 2.03 bits per heavy atom. The molecule has 2 aliphatic heterocycles. The molecule has 0 saturated carbocycles. The fraction of sp³-hybridized carbons (Fsp3) is 0.476. The second kappa shape index (κ2) is 21.4. The minimum absolute atomic E-state index is 0.0196. The van der Waals surface area contributed by atoms with E-state index in [1.54, 1.807) is 50.5 Å². The summed E-state index contributed by atoms with van der Waals surface area (Å²) in [5, 5.41) is 9.12. The number of aliphatic carboxylic acids is 1. The molecule has 0 radical (unpaired) electrons. The van der Waals surface area contributed by atoms with Gasteiger partial charge in [-0.2, -0.15) is 4.58 Å². The SMILES string of the molecule is COCCOCCC1(C)\C(=C/C=C/C=C/C=C/C2=[N+](CCOC)c3ccc(S(=O)(=O)[O-])cc3C2(C)CCCS(=O)(=O)[O-])N(CCCCCC(=O)O)c2ccc(S(=O)(=O)[O-])cc21. The Hall–Kier alpha value is -4.05. The number of anilines is 1. The van der Waals surface area contributed by atoms with E-state index in [2.05, 4.69) is 4.90 Å². The Balaban J connectivity index is 1.71. The van der Waals surface area contributed by atoms with Crippen LogP contribution >= 0.6 is 0 Å². The molecule has 4 rings (SSSR count). The van der Waals surface area contributed by atoms with Gasteiger partial charge in [0.2, 0.25) is 5.69 Å². The van der Waals surface area contributed by atoms with E-state index in [-0.39, 0.29) is 30.8 Å². The van der Waals surface area contributed by atoms with Crippen LogP contribution in [0.4, 0.5) is 11.4 Å². The molecule has 2 atom stereocenters. The molecule has 2 aromatic rings. The average molecular weight is 907 g/mol. The van der Waals surface area contributed by atoms with Gasteiger partial charge in [0, 0.05) is 74.1 Å². The van der Waals surface area contributed by atoms with Gasteiger partial charge in [-0.3, -0.25) is 4.79 Å². The molecular weight excluding hydrogens is 853 g/mol. The number of nitrogens with zero attached hydrogens (tertiary/aromatic N) is 2. The molecular formula is C42H54N2O14S3-2. The van der Waals surface area contributed by atoms with Crippen molar-refractivity contribution in [2.45, 2.75) is 79.4 Å². The van der Waals surface area contributed by atoms with Gasteiger partial charge in [0.05, 0.1) is 38.5 Å². The average Bonchev–Trinajstić information content (AvgIpc) is 3.54. The lowest BCUT2D eigenvalue weighted by molar-refractivity contribution is -0.441. The fourth-order valence-electron chi connectivity index (χ4n) is 7.90. The fourth-order valence-corrected chi connectivity index (χ4v) is 9.39. The zero-order valence-electron chi connectivity index (χ0n) is 34.8. The zero-order chi connectivity index (χ0) is 45.1. The number of carbonyl (C=O) groups is 1. The molecule has 0 aromatic heterocycles. The quantitative estimate of drug-likeness (QED) is 0.0606. The van der Waals surface area contributed by atoms with E-state index < -0.39 is 57.8 Å². The van der Waals surface area contributed by atoms with E-state index >= 15 is 0 Å². The number of carboxylic acids is 1. The second-order valence-corrected chi connectivity index (χ2v) is 19.5. The highest BCUT2D eigenvalue weighted by atomic mass is 32.2. The summed E-state index contributed by atoms with van der Waals surface area (Å²) in [6.45, 7) is 5.92. The first kappa shape index (κ1) is 49.6. The minimum atomic E-state index is -4.82. The summed E-state index contributed by atoms with van der Waals surface area (Å²) in [5.74, 6) is -1.50. The lowest BCUT2D eigenvalue weighted by atomic mass is 9.76. The van der Waals surface area contributed by atoms with Crippen LogP contribution in [0.2, 0.25) is 0 Å². The van der Waals surface area contributed by atoms with Crippen LogP contribution in [0.1, 0.15) is 69.9 Å². The van der Waals surface area contributed by atoms with E-state index in [1.807, 2.05) is 23.7 Å². The van der Waals surface area contributed by atoms with Gasteiger partial charge in [-0.05, 0) is 87.9 Å². The lowest BCUT2D eigenvalue weighted by Gasteiger charge is -2.30. The Bertz CT molecular complexity index is 2390. The molecule has 2 unspecified atom stereocenters. The normalized spacial score (nSPS) is 20.2. The van der Waals surface area contributed by atoms with Crippen LogP contribution in [0.25, 0.3) is 0 Å². The van der Waals surface area contributed by atoms with Gasteiger partial charge in [-0.1, -0.05) is 36.8 Å². The molecule has 2 heterocycles. The van der Waals surface area contributed by atoms with Crippen LogP contribution in [-0.2, 0) is 60.2 Å². The molecule has 0 fully saturated rings. The number of allylic oxidation sites excluding steroid dienone is 8. The second-order valence-electron chi connectivity index (χ2n) is 15.2. The van der Waals surface area contributed by atoms with Crippen LogP contribution in [0.15, 0.2) is 94.4 Å². The minimum Gasteiger partial charge on any atom is -0.748 e. The molecule has 2 aromatic carbocycles. The predicted molar refractivity (Wildman–Crippen MR) is 225 cm³/mol. The molecule has 336 valence electrons. The smallest absolute Gasteiger partial charge is 0.303 e. The van der Waals surface area contributed by atoms with Crippen LogP contribution in [-0.4, -0.2) is 120 Å². The number of benzene rings is 2. The van der Waals surface area contributed by atoms with E-state index in [0.717, 1.165) is 11.4 Å². The molecule has 61 heavy (non-hydrogen) atoms. The number of fused-ring (bicyclic) bond motifs is 2. The first-order chi connectivity index (χ1) is 28.7. The third kappa shape index (κ3) is 13.0. The summed E-state index contributed by atoms with van der Waals surface area (Å²) < 4.78 is 125. The molecule has 19 heteroatoms. The summed E-state index contributed by atoms with van der Waals surface area (Å²) in [5.41, 5.74) is 2.19. The molecule has 0 spiro atoms. The number of methoxy groups -OCH3 is 2. The standard InChI is InChI=1S/C42H56N2O14S3/c1-41(21-13-29-59(47,48)49)34-30-32(60(50,51)52)18-20-37(34)44(24-26-56-3)38(41)14-9-6-5-7-10-15-39-42(2,22-25-58-28-27-57-4)35-31-33(61(53,54)55)17-19-36(35)43(39)23-12-8-11-16-40(45)46/h5-7,9-10,14-15,17-20,30-31H,8,11-13,16,21-29H2,1-4H3,(H3-,45,46,47,48,49,50,51,52,53,54,55)/p-2. The van der Waals surface area contributed by atoms with E-state index in [1.165, 1.54) is 37.4 Å². The van der Waals surface area contributed by atoms with Crippen LogP contribution in [0.5, 0.6) is 0 Å². The zero-order valence-corrected chi connectivity index (χ0v) is 37.2. The predicted octanol–water partition coefficient (Wildman–Crippen LogP) is 4.85. The van der Waals surface area contributed by atoms with Crippen LogP contribution in [0, 0.1) is 0 Å². The number of carboxylic acid groups (broad SMARTS) is 1. The Kier molecular flexibility index (Phi) is 17.4. The highest BCUT2D eigenvalue weighted by molar-refractivity contribution is 7.86. The summed E-state index contributed by atoms with van der Waals surface area (Å²) in [6.07, 6.45) is 15.0. The first-order valence-electron chi connectivity index (χ1n) is 19.7. The van der Waals surface area contributed by atoms with Gasteiger partial charge in [0.1, 0.15) is 26.8 Å². The van der Waals surface area contributed by atoms with Crippen molar-refractivity contribution in [3.63, 3.8) is 0 Å². The van der Waals surface area contributed by atoms with Crippen molar-refractivity contribution in [3.8, 4) is 0 Å². The Labute approximate surface area is 359 Å². The van der Waals surface area contributed by atoms with E-state index in [4.69, 9.17) is 19.3 Å². The molecule has 0 saturated heterocycles. The number of hydrogen-bond donors (Lipinski definition) is 1. The van der Waals surface area contributed by atoms with Crippen molar-refractivity contribution in [1.82, 2.24) is 0 Å². The van der Waals surface area contributed by atoms with Gasteiger partial charge in [0.25, 0.3) is 0 Å². The first-order valence-corrected chi connectivity index (χ1v) is 24.1. The molecule has 16 nitrogen and oxygen atoms in total.